The molecule has 0 aromatic carbocycles. The normalized spacial score (nSPS) is 24.9. The summed E-state index contributed by atoms with van der Waals surface area (Å²) in [5.74, 6) is 1.90. The molecule has 1 aliphatic carbocycles. The molecule has 1 saturated carbocycles. The predicted molar refractivity (Wildman–Crippen MR) is 84.3 cm³/mol. The smallest absolute Gasteiger partial charge is 0.124 e. The third kappa shape index (κ3) is 2.47. The Hall–Kier alpha value is -0.990. The van der Waals surface area contributed by atoms with Gasteiger partial charge in [0.25, 0.3) is 0 Å². The van der Waals surface area contributed by atoms with Crippen LogP contribution in [-0.4, -0.2) is 16.3 Å². The Labute approximate surface area is 123 Å². The molecule has 0 spiro atoms. The Kier molecular flexibility index (Phi) is 3.78. The van der Waals surface area contributed by atoms with Gasteiger partial charge in [0.2, 0.25) is 0 Å². The summed E-state index contributed by atoms with van der Waals surface area (Å²) in [4.78, 5) is 0. The lowest BCUT2D eigenvalue weighted by Gasteiger charge is -2.30. The van der Waals surface area contributed by atoms with E-state index in [-0.39, 0.29) is 0 Å². The number of rotatable bonds is 6. The first-order valence-electron chi connectivity index (χ1n) is 8.51. The van der Waals surface area contributed by atoms with Crippen LogP contribution >= 0.6 is 0 Å². The van der Waals surface area contributed by atoms with Crippen LogP contribution in [0.1, 0.15) is 83.4 Å². The summed E-state index contributed by atoms with van der Waals surface area (Å²) in [6, 6.07) is 2.94. The summed E-state index contributed by atoms with van der Waals surface area (Å²) in [6.45, 7) is 8.11. The lowest BCUT2D eigenvalue weighted by molar-refractivity contribution is 0.282. The van der Waals surface area contributed by atoms with Gasteiger partial charge in [-0.15, -0.1) is 0 Å². The maximum atomic E-state index is 5.02. The zero-order chi connectivity index (χ0) is 14.2. The highest BCUT2D eigenvalue weighted by Crippen LogP contribution is 2.56. The largest absolute Gasteiger partial charge is 0.370 e. The van der Waals surface area contributed by atoms with Crippen molar-refractivity contribution < 1.29 is 0 Å². The van der Waals surface area contributed by atoms with Gasteiger partial charge in [0.05, 0.1) is 11.7 Å². The molecule has 3 nitrogen and oxygen atoms in total. The molecular formula is C17H29N3. The molecule has 0 bridgehead atoms. The first-order valence-corrected chi connectivity index (χ1v) is 8.51. The van der Waals surface area contributed by atoms with E-state index in [9.17, 15) is 0 Å². The molecule has 3 heteroatoms. The van der Waals surface area contributed by atoms with E-state index in [1.807, 2.05) is 0 Å². The SMILES string of the molecule is CCCCC(CC)c1cc2n(n1)C(C1(C)CC1)CCN2. The molecule has 1 N–H and O–H groups in total. The summed E-state index contributed by atoms with van der Waals surface area (Å²) in [7, 11) is 0. The summed E-state index contributed by atoms with van der Waals surface area (Å²) >= 11 is 0. The highest BCUT2D eigenvalue weighted by atomic mass is 15.4. The second kappa shape index (κ2) is 5.42. The Morgan fingerprint density at radius 3 is 2.90 bits per heavy atom. The van der Waals surface area contributed by atoms with Crippen molar-refractivity contribution in [1.82, 2.24) is 9.78 Å². The van der Waals surface area contributed by atoms with Gasteiger partial charge in [0.15, 0.2) is 0 Å². The van der Waals surface area contributed by atoms with Crippen LogP contribution in [0.2, 0.25) is 0 Å². The first kappa shape index (κ1) is 14.0. The lowest BCUT2D eigenvalue weighted by atomic mass is 9.95. The van der Waals surface area contributed by atoms with Crippen LogP contribution in [0.5, 0.6) is 0 Å². The number of fused-ring (bicyclic) bond motifs is 1. The van der Waals surface area contributed by atoms with E-state index in [1.54, 1.807) is 0 Å². The Balaban J connectivity index is 1.83. The van der Waals surface area contributed by atoms with E-state index in [4.69, 9.17) is 5.10 Å². The highest BCUT2D eigenvalue weighted by Gasteiger charge is 2.47. The number of hydrogen-bond acceptors (Lipinski definition) is 2. The van der Waals surface area contributed by atoms with Gasteiger partial charge in [-0.05, 0) is 37.5 Å². The summed E-state index contributed by atoms with van der Waals surface area (Å²) in [5, 5.41) is 8.57. The van der Waals surface area contributed by atoms with Crippen LogP contribution in [0.15, 0.2) is 6.07 Å². The number of hydrogen-bond donors (Lipinski definition) is 1. The molecule has 1 fully saturated rings. The molecule has 2 unspecified atom stereocenters. The summed E-state index contributed by atoms with van der Waals surface area (Å²) in [5.41, 5.74) is 1.84. The van der Waals surface area contributed by atoms with Crippen LogP contribution in [-0.2, 0) is 0 Å². The van der Waals surface area contributed by atoms with E-state index >= 15 is 0 Å². The van der Waals surface area contributed by atoms with Crippen molar-refractivity contribution in [2.24, 2.45) is 5.41 Å². The third-order valence-corrected chi connectivity index (χ3v) is 5.43. The number of nitrogens with zero attached hydrogens (tertiary/aromatic N) is 2. The van der Waals surface area contributed by atoms with Crippen molar-refractivity contribution in [1.29, 1.82) is 0 Å². The molecule has 1 aliphatic heterocycles. The van der Waals surface area contributed by atoms with Crippen molar-refractivity contribution in [3.05, 3.63) is 11.8 Å². The fraction of sp³-hybridized carbons (Fsp3) is 0.824. The monoisotopic (exact) mass is 275 g/mol. The van der Waals surface area contributed by atoms with Gasteiger partial charge in [0.1, 0.15) is 5.82 Å². The van der Waals surface area contributed by atoms with E-state index in [1.165, 1.54) is 56.5 Å². The molecule has 2 atom stereocenters. The standard InChI is InChI=1S/C17H29N3/c1-4-6-7-13(5-2)14-12-16-18-11-8-15(20(16)19-14)17(3)9-10-17/h12-13,15,18H,4-11H2,1-3H3. The van der Waals surface area contributed by atoms with Crippen LogP contribution in [0, 0.1) is 5.41 Å². The maximum absolute atomic E-state index is 5.02. The lowest BCUT2D eigenvalue weighted by Crippen LogP contribution is -2.28. The molecule has 0 radical (unpaired) electrons. The Morgan fingerprint density at radius 1 is 1.45 bits per heavy atom. The maximum Gasteiger partial charge on any atom is 0.124 e. The minimum Gasteiger partial charge on any atom is -0.370 e. The van der Waals surface area contributed by atoms with Crippen molar-refractivity contribution in [3.8, 4) is 0 Å². The molecule has 112 valence electrons. The van der Waals surface area contributed by atoms with E-state index in [2.05, 4.69) is 36.8 Å². The van der Waals surface area contributed by atoms with E-state index in [0.717, 1.165) is 6.54 Å². The topological polar surface area (TPSA) is 29.9 Å². The fourth-order valence-electron chi connectivity index (χ4n) is 3.63. The minimum absolute atomic E-state index is 0.519. The van der Waals surface area contributed by atoms with Gasteiger partial charge < -0.3 is 5.32 Å². The molecule has 0 saturated heterocycles. The number of unbranched alkanes of at least 4 members (excludes halogenated alkanes) is 1. The van der Waals surface area contributed by atoms with Crippen LogP contribution < -0.4 is 5.32 Å². The average molecular weight is 275 g/mol. The average Bonchev–Trinajstić information content (AvgIpc) is 3.05. The zero-order valence-corrected chi connectivity index (χ0v) is 13.3. The van der Waals surface area contributed by atoms with E-state index < -0.39 is 0 Å². The minimum atomic E-state index is 0.519. The molecule has 20 heavy (non-hydrogen) atoms. The molecule has 1 aromatic heterocycles. The van der Waals surface area contributed by atoms with Crippen LogP contribution in [0.4, 0.5) is 5.82 Å². The van der Waals surface area contributed by atoms with Crippen LogP contribution in [0.25, 0.3) is 0 Å². The third-order valence-electron chi connectivity index (χ3n) is 5.43. The molecular weight excluding hydrogens is 246 g/mol. The predicted octanol–water partition coefficient (Wildman–Crippen LogP) is 4.72. The quantitative estimate of drug-likeness (QED) is 0.814. The van der Waals surface area contributed by atoms with Gasteiger partial charge in [-0.25, -0.2) is 4.68 Å². The van der Waals surface area contributed by atoms with Crippen molar-refractivity contribution in [2.45, 2.75) is 77.7 Å². The molecule has 2 heterocycles. The Bertz CT molecular complexity index is 459. The van der Waals surface area contributed by atoms with Crippen molar-refractivity contribution in [3.63, 3.8) is 0 Å². The molecule has 1 aromatic rings. The fourth-order valence-corrected chi connectivity index (χ4v) is 3.63. The number of nitrogens with one attached hydrogen (secondary N) is 1. The van der Waals surface area contributed by atoms with Crippen molar-refractivity contribution >= 4 is 5.82 Å². The Morgan fingerprint density at radius 2 is 2.25 bits per heavy atom. The van der Waals surface area contributed by atoms with Crippen LogP contribution in [0.3, 0.4) is 0 Å². The highest BCUT2D eigenvalue weighted by molar-refractivity contribution is 5.41. The number of anilines is 1. The van der Waals surface area contributed by atoms with E-state index in [0.29, 0.717) is 17.4 Å². The second-order valence-corrected chi connectivity index (χ2v) is 7.03. The molecule has 2 aliphatic rings. The van der Waals surface area contributed by atoms with Gasteiger partial charge in [-0.2, -0.15) is 5.10 Å². The van der Waals surface area contributed by atoms with Gasteiger partial charge in [-0.1, -0.05) is 33.6 Å². The van der Waals surface area contributed by atoms with Gasteiger partial charge in [-0.3, -0.25) is 0 Å². The molecule has 0 amide bonds. The summed E-state index contributed by atoms with van der Waals surface area (Å²) < 4.78 is 2.32. The molecule has 3 rings (SSSR count). The summed E-state index contributed by atoms with van der Waals surface area (Å²) in [6.07, 6.45) is 9.07. The second-order valence-electron chi connectivity index (χ2n) is 7.03. The first-order chi connectivity index (χ1) is 9.68. The zero-order valence-electron chi connectivity index (χ0n) is 13.3. The van der Waals surface area contributed by atoms with Gasteiger partial charge >= 0.3 is 0 Å². The van der Waals surface area contributed by atoms with Gasteiger partial charge in [0, 0.05) is 18.5 Å². The number of aromatic nitrogens is 2. The van der Waals surface area contributed by atoms with Crippen molar-refractivity contribution in [2.75, 3.05) is 11.9 Å².